The number of ether oxygens (including phenoxy) is 2. The normalized spacial score (nSPS) is 11.1. The van der Waals surface area contributed by atoms with Gasteiger partial charge in [0.2, 0.25) is 11.8 Å². The van der Waals surface area contributed by atoms with Crippen molar-refractivity contribution in [2.75, 3.05) is 31.6 Å². The molecule has 0 radical (unpaired) electrons. The lowest BCUT2D eigenvalue weighted by molar-refractivity contribution is -0.125. The maximum atomic E-state index is 12.1. The summed E-state index contributed by atoms with van der Waals surface area (Å²) in [6.07, 6.45) is 0.143. The van der Waals surface area contributed by atoms with E-state index in [1.807, 2.05) is 6.07 Å². The summed E-state index contributed by atoms with van der Waals surface area (Å²) in [5.74, 6) is -0.0540. The van der Waals surface area contributed by atoms with Gasteiger partial charge in [-0.25, -0.2) is 9.78 Å². The highest BCUT2D eigenvalue weighted by molar-refractivity contribution is 7.13. The number of hydrogen-bond donors (Lipinski definition) is 3. The Balaban J connectivity index is 1.57. The summed E-state index contributed by atoms with van der Waals surface area (Å²) in [4.78, 5) is 39.8. The van der Waals surface area contributed by atoms with E-state index >= 15 is 0 Å². The van der Waals surface area contributed by atoms with Gasteiger partial charge in [0, 0.05) is 30.5 Å². The van der Waals surface area contributed by atoms with Crippen molar-refractivity contribution in [1.29, 1.82) is 0 Å². The third kappa shape index (κ3) is 10.7. The minimum Gasteiger partial charge on any atom is -0.444 e. The SMILES string of the molecule is CC(C)(C)OC(=O)NCCOCC(=O)NCCCC(=O)Nc1csc(-c2ccc(Cl)c(Cl)c2)n1. The van der Waals surface area contributed by atoms with E-state index in [-0.39, 0.29) is 38.0 Å². The van der Waals surface area contributed by atoms with Crippen LogP contribution in [0.2, 0.25) is 10.0 Å². The maximum absolute atomic E-state index is 12.1. The number of thiazole rings is 1. The minimum absolute atomic E-state index is 0.140. The molecule has 0 atom stereocenters. The van der Waals surface area contributed by atoms with E-state index < -0.39 is 11.7 Å². The van der Waals surface area contributed by atoms with Gasteiger partial charge in [0.1, 0.15) is 23.0 Å². The Bertz CT molecular complexity index is 994. The molecule has 0 fully saturated rings. The van der Waals surface area contributed by atoms with Crippen molar-refractivity contribution in [3.05, 3.63) is 33.6 Å². The molecular formula is C22H28Cl2N4O5S. The van der Waals surface area contributed by atoms with Gasteiger partial charge in [0.25, 0.3) is 0 Å². The predicted octanol–water partition coefficient (Wildman–Crippen LogP) is 4.49. The molecule has 3 amide bonds. The smallest absolute Gasteiger partial charge is 0.407 e. The van der Waals surface area contributed by atoms with Crippen LogP contribution in [-0.4, -0.2) is 54.8 Å². The van der Waals surface area contributed by atoms with E-state index in [0.29, 0.717) is 33.8 Å². The Morgan fingerprint density at radius 2 is 1.82 bits per heavy atom. The fourth-order valence-corrected chi connectivity index (χ4v) is 3.58. The topological polar surface area (TPSA) is 119 Å². The van der Waals surface area contributed by atoms with Gasteiger partial charge in [-0.15, -0.1) is 11.3 Å². The quantitative estimate of drug-likeness (QED) is 0.368. The van der Waals surface area contributed by atoms with Gasteiger partial charge in [0.05, 0.1) is 16.7 Å². The Labute approximate surface area is 212 Å². The average molecular weight is 531 g/mol. The molecule has 0 aliphatic heterocycles. The molecule has 1 aromatic heterocycles. The summed E-state index contributed by atoms with van der Waals surface area (Å²) in [5.41, 5.74) is 0.238. The van der Waals surface area contributed by atoms with Gasteiger partial charge in [-0.05, 0) is 39.3 Å². The van der Waals surface area contributed by atoms with Crippen molar-refractivity contribution in [2.24, 2.45) is 0 Å². The second kappa shape index (κ2) is 13.5. The molecule has 9 nitrogen and oxygen atoms in total. The Hall–Kier alpha value is -2.40. The Morgan fingerprint density at radius 1 is 1.06 bits per heavy atom. The molecule has 186 valence electrons. The molecule has 0 unspecified atom stereocenters. The second-order valence-corrected chi connectivity index (χ2v) is 9.82. The number of hydrogen-bond acceptors (Lipinski definition) is 7. The number of nitrogens with one attached hydrogen (secondary N) is 3. The highest BCUT2D eigenvalue weighted by atomic mass is 35.5. The Kier molecular flexibility index (Phi) is 11.0. The number of benzene rings is 1. The molecule has 0 bridgehead atoms. The zero-order valence-electron chi connectivity index (χ0n) is 19.2. The van der Waals surface area contributed by atoms with Crippen molar-refractivity contribution in [2.45, 2.75) is 39.2 Å². The van der Waals surface area contributed by atoms with E-state index in [0.717, 1.165) is 5.56 Å². The monoisotopic (exact) mass is 530 g/mol. The van der Waals surface area contributed by atoms with Crippen LogP contribution in [0.15, 0.2) is 23.6 Å². The molecule has 0 saturated carbocycles. The molecule has 2 rings (SSSR count). The van der Waals surface area contributed by atoms with Crippen molar-refractivity contribution in [1.82, 2.24) is 15.6 Å². The first-order chi connectivity index (χ1) is 16.0. The van der Waals surface area contributed by atoms with Crippen LogP contribution in [0.1, 0.15) is 33.6 Å². The summed E-state index contributed by atoms with van der Waals surface area (Å²) in [7, 11) is 0. The van der Waals surface area contributed by atoms with E-state index in [4.69, 9.17) is 32.7 Å². The van der Waals surface area contributed by atoms with Crippen molar-refractivity contribution >= 4 is 58.3 Å². The van der Waals surface area contributed by atoms with Gasteiger partial charge < -0.3 is 25.4 Å². The summed E-state index contributed by atoms with van der Waals surface area (Å²) >= 11 is 13.3. The van der Waals surface area contributed by atoms with Crippen molar-refractivity contribution < 1.29 is 23.9 Å². The van der Waals surface area contributed by atoms with Crippen LogP contribution in [0.5, 0.6) is 0 Å². The summed E-state index contributed by atoms with van der Waals surface area (Å²) < 4.78 is 10.3. The molecule has 0 aliphatic carbocycles. The number of halogens is 2. The van der Waals surface area contributed by atoms with Gasteiger partial charge in [-0.3, -0.25) is 9.59 Å². The molecule has 1 heterocycles. The third-order valence-electron chi connectivity index (χ3n) is 3.99. The van der Waals surface area contributed by atoms with Crippen LogP contribution < -0.4 is 16.0 Å². The molecule has 0 aliphatic rings. The predicted molar refractivity (Wildman–Crippen MR) is 133 cm³/mol. The molecule has 34 heavy (non-hydrogen) atoms. The highest BCUT2D eigenvalue weighted by Gasteiger charge is 2.15. The van der Waals surface area contributed by atoms with E-state index in [2.05, 4.69) is 20.9 Å². The molecular weight excluding hydrogens is 503 g/mol. The minimum atomic E-state index is -0.572. The lowest BCUT2D eigenvalue weighted by Gasteiger charge is -2.19. The van der Waals surface area contributed by atoms with Gasteiger partial charge in [-0.1, -0.05) is 29.3 Å². The largest absolute Gasteiger partial charge is 0.444 e. The van der Waals surface area contributed by atoms with Crippen LogP contribution in [-0.2, 0) is 19.1 Å². The standard InChI is InChI=1S/C22H28Cl2N4O5S/c1-22(2,3)33-21(31)26-9-10-32-12-19(30)25-8-4-5-18(29)27-17-13-34-20(28-17)14-6-7-15(23)16(24)11-14/h6-7,11,13H,4-5,8-10,12H2,1-3H3,(H,25,30)(H,26,31)(H,27,29). The zero-order valence-corrected chi connectivity index (χ0v) is 21.5. The van der Waals surface area contributed by atoms with Crippen molar-refractivity contribution in [3.8, 4) is 10.6 Å². The van der Waals surface area contributed by atoms with Crippen molar-refractivity contribution in [3.63, 3.8) is 0 Å². The molecule has 12 heteroatoms. The molecule has 0 saturated heterocycles. The van der Waals surface area contributed by atoms with Gasteiger partial charge >= 0.3 is 6.09 Å². The average Bonchev–Trinajstić information content (AvgIpc) is 3.20. The van der Waals surface area contributed by atoms with Crippen LogP contribution >= 0.6 is 34.5 Å². The van der Waals surface area contributed by atoms with Crippen LogP contribution in [0.4, 0.5) is 10.6 Å². The van der Waals surface area contributed by atoms with E-state index in [1.54, 1.807) is 38.3 Å². The van der Waals surface area contributed by atoms with Crippen LogP contribution in [0.25, 0.3) is 10.6 Å². The summed E-state index contributed by atoms with van der Waals surface area (Å²) in [5, 5.41) is 11.3. The van der Waals surface area contributed by atoms with E-state index in [1.165, 1.54) is 11.3 Å². The maximum Gasteiger partial charge on any atom is 0.407 e. The second-order valence-electron chi connectivity index (χ2n) is 8.15. The lowest BCUT2D eigenvalue weighted by Crippen LogP contribution is -2.35. The number of aromatic nitrogens is 1. The van der Waals surface area contributed by atoms with E-state index in [9.17, 15) is 14.4 Å². The lowest BCUT2D eigenvalue weighted by atomic mass is 10.2. The molecule has 3 N–H and O–H groups in total. The van der Waals surface area contributed by atoms with Gasteiger partial charge in [0.15, 0.2) is 0 Å². The fraction of sp³-hybridized carbons (Fsp3) is 0.455. The number of nitrogens with zero attached hydrogens (tertiary/aromatic N) is 1. The summed E-state index contributed by atoms with van der Waals surface area (Å²) in [6.45, 7) is 5.90. The molecule has 2 aromatic rings. The first-order valence-corrected chi connectivity index (χ1v) is 12.2. The number of anilines is 1. The zero-order chi connectivity index (χ0) is 25.1. The number of carbonyl (C=O) groups is 3. The van der Waals surface area contributed by atoms with Crippen LogP contribution in [0, 0.1) is 0 Å². The van der Waals surface area contributed by atoms with Gasteiger partial charge in [-0.2, -0.15) is 0 Å². The van der Waals surface area contributed by atoms with Crippen LogP contribution in [0.3, 0.4) is 0 Å². The number of amides is 3. The number of alkyl carbamates (subject to hydrolysis) is 1. The number of carbonyl (C=O) groups excluding carboxylic acids is 3. The number of rotatable bonds is 11. The summed E-state index contributed by atoms with van der Waals surface area (Å²) in [6, 6.07) is 5.22. The molecule has 1 aromatic carbocycles. The first-order valence-electron chi connectivity index (χ1n) is 10.6. The Morgan fingerprint density at radius 3 is 2.53 bits per heavy atom. The first kappa shape index (κ1) is 27.8. The molecule has 0 spiro atoms. The fourth-order valence-electron chi connectivity index (χ4n) is 2.53. The third-order valence-corrected chi connectivity index (χ3v) is 5.62. The highest BCUT2D eigenvalue weighted by Crippen LogP contribution is 2.31.